The van der Waals surface area contributed by atoms with Gasteiger partial charge in [0.2, 0.25) is 0 Å². The van der Waals surface area contributed by atoms with E-state index in [1.54, 1.807) is 24.3 Å². The van der Waals surface area contributed by atoms with Crippen LogP contribution in [0.1, 0.15) is 15.9 Å². The van der Waals surface area contributed by atoms with Gasteiger partial charge in [-0.15, -0.1) is 0 Å². The van der Waals surface area contributed by atoms with Crippen LogP contribution in [0.5, 0.6) is 5.75 Å². The van der Waals surface area contributed by atoms with Crippen LogP contribution in [0.15, 0.2) is 42.5 Å². The normalized spacial score (nSPS) is 10.3. The second-order valence-corrected chi connectivity index (χ2v) is 4.29. The Balaban J connectivity index is 1.94. The number of phenols is 1. The number of rotatable bonds is 4. The smallest absolute Gasteiger partial charge is 0.251 e. The fourth-order valence-corrected chi connectivity index (χ4v) is 1.82. The quantitative estimate of drug-likeness (QED) is 0.902. The van der Waals surface area contributed by atoms with Gasteiger partial charge < -0.3 is 10.4 Å². The number of hydrogen-bond donors (Lipinski definition) is 2. The number of hydrogen-bond acceptors (Lipinski definition) is 2. The number of benzene rings is 2. The van der Waals surface area contributed by atoms with Crippen LogP contribution in [0.3, 0.4) is 0 Å². The first-order chi connectivity index (χ1) is 9.56. The van der Waals surface area contributed by atoms with Gasteiger partial charge in [-0.2, -0.15) is 0 Å². The molecule has 5 heteroatoms. The van der Waals surface area contributed by atoms with Crippen LogP contribution in [0.25, 0.3) is 0 Å². The van der Waals surface area contributed by atoms with Crippen molar-refractivity contribution in [1.82, 2.24) is 5.32 Å². The molecule has 0 aliphatic carbocycles. The lowest BCUT2D eigenvalue weighted by atomic mass is 10.1. The number of nitrogens with one attached hydrogen (secondary N) is 1. The van der Waals surface area contributed by atoms with Crippen molar-refractivity contribution in [2.75, 3.05) is 6.54 Å². The van der Waals surface area contributed by atoms with Crippen molar-refractivity contribution in [3.05, 3.63) is 65.2 Å². The SMILES string of the molecule is O=C(NCCc1ccccc1O)c1cc(F)cc(F)c1. The van der Waals surface area contributed by atoms with Crippen LogP contribution in [0.2, 0.25) is 0 Å². The van der Waals surface area contributed by atoms with E-state index >= 15 is 0 Å². The molecule has 0 bridgehead atoms. The van der Waals surface area contributed by atoms with E-state index in [1.165, 1.54) is 0 Å². The number of amides is 1. The molecule has 1 amide bonds. The Morgan fingerprint density at radius 1 is 1.10 bits per heavy atom. The Bertz CT molecular complexity index is 609. The fraction of sp³-hybridized carbons (Fsp3) is 0.133. The van der Waals surface area contributed by atoms with Crippen LogP contribution < -0.4 is 5.32 Å². The Labute approximate surface area is 114 Å². The molecule has 2 N–H and O–H groups in total. The number of carbonyl (C=O) groups is 1. The summed E-state index contributed by atoms with van der Waals surface area (Å²) in [6.07, 6.45) is 0.427. The van der Waals surface area contributed by atoms with Gasteiger partial charge in [0.1, 0.15) is 17.4 Å². The summed E-state index contributed by atoms with van der Waals surface area (Å²) < 4.78 is 26.0. The maximum Gasteiger partial charge on any atom is 0.251 e. The largest absolute Gasteiger partial charge is 0.508 e. The van der Waals surface area contributed by atoms with Crippen molar-refractivity contribution in [2.24, 2.45) is 0 Å². The highest BCUT2D eigenvalue weighted by Crippen LogP contribution is 2.15. The van der Waals surface area contributed by atoms with Gasteiger partial charge in [0.15, 0.2) is 0 Å². The van der Waals surface area contributed by atoms with Gasteiger partial charge in [-0.25, -0.2) is 8.78 Å². The first kappa shape index (κ1) is 14.0. The molecule has 0 saturated heterocycles. The molecule has 0 radical (unpaired) electrons. The van der Waals surface area contributed by atoms with Gasteiger partial charge >= 0.3 is 0 Å². The molecule has 0 spiro atoms. The van der Waals surface area contributed by atoms with Gasteiger partial charge in [-0.05, 0) is 30.2 Å². The topological polar surface area (TPSA) is 49.3 Å². The van der Waals surface area contributed by atoms with Crippen molar-refractivity contribution in [3.8, 4) is 5.75 Å². The fourth-order valence-electron chi connectivity index (χ4n) is 1.82. The van der Waals surface area contributed by atoms with Crippen LogP contribution >= 0.6 is 0 Å². The molecule has 2 aromatic carbocycles. The summed E-state index contributed by atoms with van der Waals surface area (Å²) in [7, 11) is 0. The van der Waals surface area contributed by atoms with Crippen LogP contribution in [0, 0.1) is 11.6 Å². The van der Waals surface area contributed by atoms with Gasteiger partial charge in [0.25, 0.3) is 5.91 Å². The van der Waals surface area contributed by atoms with Crippen LogP contribution in [0.4, 0.5) is 8.78 Å². The standard InChI is InChI=1S/C15H13F2NO2/c16-12-7-11(8-13(17)9-12)15(20)18-6-5-10-3-1-2-4-14(10)19/h1-4,7-9,19H,5-6H2,(H,18,20). The lowest BCUT2D eigenvalue weighted by molar-refractivity contribution is 0.0953. The highest BCUT2D eigenvalue weighted by Gasteiger charge is 2.09. The molecular weight excluding hydrogens is 264 g/mol. The molecule has 20 heavy (non-hydrogen) atoms. The lowest BCUT2D eigenvalue weighted by Crippen LogP contribution is -2.25. The van der Waals surface area contributed by atoms with Crippen molar-refractivity contribution >= 4 is 5.91 Å². The van der Waals surface area contributed by atoms with Crippen molar-refractivity contribution in [3.63, 3.8) is 0 Å². The van der Waals surface area contributed by atoms with Gasteiger partial charge in [0, 0.05) is 18.2 Å². The van der Waals surface area contributed by atoms with E-state index in [0.717, 1.165) is 12.1 Å². The second-order valence-electron chi connectivity index (χ2n) is 4.29. The lowest BCUT2D eigenvalue weighted by Gasteiger charge is -2.07. The minimum absolute atomic E-state index is 0.0696. The maximum atomic E-state index is 13.0. The Kier molecular flexibility index (Phi) is 4.30. The van der Waals surface area contributed by atoms with Crippen LogP contribution in [-0.4, -0.2) is 17.6 Å². The summed E-state index contributed by atoms with van der Waals surface area (Å²) in [4.78, 5) is 11.7. The van der Waals surface area contributed by atoms with E-state index in [2.05, 4.69) is 5.32 Å². The average Bonchev–Trinajstić information content (AvgIpc) is 2.39. The first-order valence-corrected chi connectivity index (χ1v) is 6.07. The molecule has 0 aliphatic heterocycles. The molecule has 0 fully saturated rings. The minimum atomic E-state index is -0.796. The number of para-hydroxylation sites is 1. The molecule has 0 aliphatic rings. The maximum absolute atomic E-state index is 13.0. The number of halogens is 2. The van der Waals surface area contributed by atoms with E-state index in [1.807, 2.05) is 0 Å². The van der Waals surface area contributed by atoms with Crippen molar-refractivity contribution in [2.45, 2.75) is 6.42 Å². The molecule has 0 heterocycles. The van der Waals surface area contributed by atoms with Crippen LogP contribution in [-0.2, 0) is 6.42 Å². The van der Waals surface area contributed by atoms with E-state index in [4.69, 9.17) is 0 Å². The summed E-state index contributed by atoms with van der Waals surface area (Å²) in [5, 5.41) is 12.1. The zero-order chi connectivity index (χ0) is 14.5. The van der Waals surface area contributed by atoms with Crippen molar-refractivity contribution < 1.29 is 18.7 Å². The van der Waals surface area contributed by atoms with E-state index in [0.29, 0.717) is 18.1 Å². The number of carbonyl (C=O) groups excluding carboxylic acids is 1. The third-order valence-electron chi connectivity index (χ3n) is 2.80. The zero-order valence-corrected chi connectivity index (χ0v) is 10.6. The highest BCUT2D eigenvalue weighted by atomic mass is 19.1. The molecule has 2 rings (SSSR count). The molecule has 104 valence electrons. The molecule has 0 atom stereocenters. The molecule has 0 saturated carbocycles. The first-order valence-electron chi connectivity index (χ1n) is 6.07. The molecule has 3 nitrogen and oxygen atoms in total. The zero-order valence-electron chi connectivity index (χ0n) is 10.6. The Morgan fingerprint density at radius 3 is 2.40 bits per heavy atom. The molecule has 2 aromatic rings. The summed E-state index contributed by atoms with van der Waals surface area (Å²) in [6, 6.07) is 9.42. The Hall–Kier alpha value is -2.43. The van der Waals surface area contributed by atoms with E-state index < -0.39 is 17.5 Å². The second kappa shape index (κ2) is 6.14. The highest BCUT2D eigenvalue weighted by molar-refractivity contribution is 5.94. The third kappa shape index (κ3) is 3.54. The summed E-state index contributed by atoms with van der Waals surface area (Å²) in [5.41, 5.74) is 0.623. The number of aromatic hydroxyl groups is 1. The van der Waals surface area contributed by atoms with Crippen molar-refractivity contribution in [1.29, 1.82) is 0 Å². The summed E-state index contributed by atoms with van der Waals surface area (Å²) in [5.74, 6) is -2.00. The summed E-state index contributed by atoms with van der Waals surface area (Å²) in [6.45, 7) is 0.258. The molecule has 0 aromatic heterocycles. The third-order valence-corrected chi connectivity index (χ3v) is 2.80. The van der Waals surface area contributed by atoms with Gasteiger partial charge in [0.05, 0.1) is 0 Å². The van der Waals surface area contributed by atoms with E-state index in [9.17, 15) is 18.7 Å². The minimum Gasteiger partial charge on any atom is -0.508 e. The van der Waals surface area contributed by atoms with E-state index in [-0.39, 0.29) is 17.9 Å². The monoisotopic (exact) mass is 277 g/mol. The number of phenolic OH excluding ortho intramolecular Hbond substituents is 1. The predicted molar refractivity (Wildman–Crippen MR) is 70.5 cm³/mol. The average molecular weight is 277 g/mol. The van der Waals surface area contributed by atoms with Gasteiger partial charge in [-0.3, -0.25) is 4.79 Å². The van der Waals surface area contributed by atoms with Gasteiger partial charge in [-0.1, -0.05) is 18.2 Å². The molecule has 0 unspecified atom stereocenters. The predicted octanol–water partition coefficient (Wildman–Crippen LogP) is 2.64. The Morgan fingerprint density at radius 2 is 1.75 bits per heavy atom. The summed E-state index contributed by atoms with van der Waals surface area (Å²) >= 11 is 0. The molecular formula is C15H13F2NO2.